The van der Waals surface area contributed by atoms with Gasteiger partial charge in [-0.3, -0.25) is 0 Å². The molecule has 0 aliphatic carbocycles. The van der Waals surface area contributed by atoms with Gasteiger partial charge in [-0.1, -0.05) is 90.4 Å². The number of hydrogen-bond acceptors (Lipinski definition) is 5. The predicted molar refractivity (Wildman–Crippen MR) is 113 cm³/mol. The molecule has 0 aromatic carbocycles. The number of epoxide rings is 2. The molecule has 2 saturated heterocycles. The van der Waals surface area contributed by atoms with Gasteiger partial charge in [0.2, 0.25) is 0 Å². The van der Waals surface area contributed by atoms with Crippen molar-refractivity contribution < 1.29 is 19.3 Å². The summed E-state index contributed by atoms with van der Waals surface area (Å²) in [5.41, 5.74) is 5.95. The first-order valence-electron chi connectivity index (χ1n) is 12.1. The molecule has 5 atom stereocenters. The van der Waals surface area contributed by atoms with Crippen LogP contribution in [-0.4, -0.2) is 42.5 Å². The van der Waals surface area contributed by atoms with E-state index < -0.39 is 6.29 Å². The molecule has 0 aromatic rings. The lowest BCUT2D eigenvalue weighted by Gasteiger charge is -2.06. The predicted octanol–water partition coefficient (Wildman–Crippen LogP) is 5.03. The maximum Gasteiger partial charge on any atom is 0.184 e. The van der Waals surface area contributed by atoms with Crippen molar-refractivity contribution in [3.05, 3.63) is 0 Å². The summed E-state index contributed by atoms with van der Waals surface area (Å²) >= 11 is 0. The average molecular weight is 400 g/mol. The number of aliphatic hydroxyl groups excluding tert-OH is 1. The minimum atomic E-state index is -0.650. The molecule has 5 nitrogen and oxygen atoms in total. The second-order valence-corrected chi connectivity index (χ2v) is 8.74. The number of nitrogens with two attached hydrogens (primary N) is 1. The van der Waals surface area contributed by atoms with E-state index in [4.69, 9.17) is 19.9 Å². The van der Waals surface area contributed by atoms with E-state index in [1.54, 1.807) is 0 Å². The van der Waals surface area contributed by atoms with Gasteiger partial charge in [0.25, 0.3) is 0 Å². The van der Waals surface area contributed by atoms with Crippen LogP contribution in [0.15, 0.2) is 0 Å². The summed E-state index contributed by atoms with van der Waals surface area (Å²) in [6, 6.07) is -0.0920. The molecule has 0 amide bonds. The van der Waals surface area contributed by atoms with Crippen LogP contribution in [0.25, 0.3) is 0 Å². The van der Waals surface area contributed by atoms with E-state index in [0.717, 1.165) is 25.9 Å². The Balaban J connectivity index is 1.24. The summed E-state index contributed by atoms with van der Waals surface area (Å²) in [6.07, 6.45) is 20.3. The molecule has 0 radical (unpaired) electrons. The van der Waals surface area contributed by atoms with Gasteiger partial charge < -0.3 is 25.1 Å². The van der Waals surface area contributed by atoms with Crippen LogP contribution in [0.4, 0.5) is 0 Å². The Morgan fingerprint density at radius 3 is 1.82 bits per heavy atom. The van der Waals surface area contributed by atoms with Crippen molar-refractivity contribution in [2.24, 2.45) is 5.73 Å². The van der Waals surface area contributed by atoms with Gasteiger partial charge in [0.15, 0.2) is 12.6 Å². The van der Waals surface area contributed by atoms with Crippen LogP contribution in [0, 0.1) is 0 Å². The summed E-state index contributed by atoms with van der Waals surface area (Å²) in [6.45, 7) is 3.08. The van der Waals surface area contributed by atoms with E-state index in [-0.39, 0.29) is 24.5 Å². The van der Waals surface area contributed by atoms with Gasteiger partial charge >= 0.3 is 0 Å². The molecule has 2 rings (SSSR count). The van der Waals surface area contributed by atoms with Crippen molar-refractivity contribution in [2.45, 2.75) is 140 Å². The third-order valence-corrected chi connectivity index (χ3v) is 6.02. The topological polar surface area (TPSA) is 80.5 Å². The number of hydrogen-bond donors (Lipinski definition) is 2. The summed E-state index contributed by atoms with van der Waals surface area (Å²) in [7, 11) is 0. The van der Waals surface area contributed by atoms with Crippen LogP contribution in [0.5, 0.6) is 0 Å². The van der Waals surface area contributed by atoms with Gasteiger partial charge in [-0.15, -0.1) is 0 Å². The quantitative estimate of drug-likeness (QED) is 0.222. The second kappa shape index (κ2) is 14.7. The highest BCUT2D eigenvalue weighted by molar-refractivity contribution is 4.88. The minimum Gasteiger partial charge on any atom is -0.366 e. The zero-order valence-electron chi connectivity index (χ0n) is 18.2. The van der Waals surface area contributed by atoms with E-state index in [0.29, 0.717) is 0 Å². The van der Waals surface area contributed by atoms with E-state index in [9.17, 15) is 5.11 Å². The lowest BCUT2D eigenvalue weighted by atomic mass is 10.0. The Morgan fingerprint density at radius 1 is 0.821 bits per heavy atom. The third kappa shape index (κ3) is 11.1. The largest absolute Gasteiger partial charge is 0.366 e. The first kappa shape index (κ1) is 24.1. The van der Waals surface area contributed by atoms with Crippen molar-refractivity contribution in [3.63, 3.8) is 0 Å². The molecule has 0 aromatic heterocycles. The molecule has 2 aliphatic heterocycles. The molecule has 0 spiro atoms. The van der Waals surface area contributed by atoms with E-state index in [2.05, 4.69) is 6.92 Å². The van der Waals surface area contributed by atoms with E-state index in [1.165, 1.54) is 83.5 Å². The molecular weight excluding hydrogens is 354 g/mol. The normalized spacial score (nSPS) is 27.1. The Hall–Kier alpha value is -0.200. The smallest absolute Gasteiger partial charge is 0.184 e. The minimum absolute atomic E-state index is 0.0285. The third-order valence-electron chi connectivity index (χ3n) is 6.02. The summed E-state index contributed by atoms with van der Waals surface area (Å²) in [5, 5.41) is 9.17. The fourth-order valence-corrected chi connectivity index (χ4v) is 3.92. The first-order chi connectivity index (χ1) is 13.7. The fraction of sp³-hybridized carbons (Fsp3) is 1.00. The zero-order valence-corrected chi connectivity index (χ0v) is 18.2. The van der Waals surface area contributed by atoms with Crippen LogP contribution in [0.3, 0.4) is 0 Å². The number of ether oxygens (including phenoxy) is 3. The highest BCUT2D eigenvalue weighted by atomic mass is 16.8. The maximum absolute atomic E-state index is 9.17. The molecule has 3 N–H and O–H groups in total. The van der Waals surface area contributed by atoms with Gasteiger partial charge in [-0.05, 0) is 19.3 Å². The standard InChI is InChI=1S/C23H45NO4/c1-2-3-4-5-6-7-8-9-10-11-12-13-14-15-18-26-23-20(27-23)17-16-19(24)21-22(25)28-21/h19-23,25H,2-18,24H2,1H3. The van der Waals surface area contributed by atoms with Crippen molar-refractivity contribution in [1.82, 2.24) is 0 Å². The first-order valence-corrected chi connectivity index (χ1v) is 12.1. The van der Waals surface area contributed by atoms with Crippen LogP contribution in [-0.2, 0) is 14.2 Å². The number of aliphatic hydroxyl groups is 1. The highest BCUT2D eigenvalue weighted by Crippen LogP contribution is 2.31. The Morgan fingerprint density at radius 2 is 1.32 bits per heavy atom. The Kier molecular flexibility index (Phi) is 12.7. The molecule has 2 fully saturated rings. The van der Waals surface area contributed by atoms with Gasteiger partial charge in [0, 0.05) is 12.6 Å². The molecule has 0 saturated carbocycles. The van der Waals surface area contributed by atoms with E-state index >= 15 is 0 Å². The molecule has 0 bridgehead atoms. The molecule has 2 aliphatic rings. The molecule has 166 valence electrons. The average Bonchev–Trinajstić information content (AvgIpc) is 3.60. The van der Waals surface area contributed by atoms with Gasteiger partial charge in [0.05, 0.1) is 0 Å². The highest BCUT2D eigenvalue weighted by Gasteiger charge is 2.44. The fourth-order valence-electron chi connectivity index (χ4n) is 3.92. The molecule has 28 heavy (non-hydrogen) atoms. The molecular formula is C23H45NO4. The lowest BCUT2D eigenvalue weighted by molar-refractivity contribution is 0.0478. The lowest BCUT2D eigenvalue weighted by Crippen LogP contribution is -2.28. The summed E-state index contributed by atoms with van der Waals surface area (Å²) < 4.78 is 16.3. The van der Waals surface area contributed by atoms with Crippen LogP contribution >= 0.6 is 0 Å². The summed E-state index contributed by atoms with van der Waals surface area (Å²) in [5.74, 6) is 0. The SMILES string of the molecule is CCCCCCCCCCCCCCCCOC1OC1CCC(N)C1OC1O. The van der Waals surface area contributed by atoms with Crippen LogP contribution in [0.1, 0.15) is 110 Å². The monoisotopic (exact) mass is 399 g/mol. The summed E-state index contributed by atoms with van der Waals surface area (Å²) in [4.78, 5) is 0. The molecule has 5 unspecified atom stereocenters. The van der Waals surface area contributed by atoms with Crippen molar-refractivity contribution >= 4 is 0 Å². The maximum atomic E-state index is 9.17. The Bertz CT molecular complexity index is 382. The van der Waals surface area contributed by atoms with Gasteiger partial charge in [-0.2, -0.15) is 0 Å². The van der Waals surface area contributed by atoms with E-state index in [1.807, 2.05) is 0 Å². The number of rotatable bonds is 20. The molecule has 5 heteroatoms. The zero-order chi connectivity index (χ0) is 20.0. The second-order valence-electron chi connectivity index (χ2n) is 8.74. The van der Waals surface area contributed by atoms with Crippen LogP contribution in [0.2, 0.25) is 0 Å². The number of unbranched alkanes of at least 4 members (excludes halogenated alkanes) is 13. The Labute approximate surface area is 172 Å². The van der Waals surface area contributed by atoms with Gasteiger partial charge in [-0.25, -0.2) is 0 Å². The van der Waals surface area contributed by atoms with Crippen molar-refractivity contribution in [1.29, 1.82) is 0 Å². The molecule has 2 heterocycles. The van der Waals surface area contributed by atoms with Crippen molar-refractivity contribution in [2.75, 3.05) is 6.61 Å². The van der Waals surface area contributed by atoms with Crippen molar-refractivity contribution in [3.8, 4) is 0 Å². The van der Waals surface area contributed by atoms with Gasteiger partial charge in [0.1, 0.15) is 12.2 Å². The van der Waals surface area contributed by atoms with Crippen LogP contribution < -0.4 is 5.73 Å².